The summed E-state index contributed by atoms with van der Waals surface area (Å²) in [7, 11) is 0. The van der Waals surface area contributed by atoms with Crippen LogP contribution in [0.2, 0.25) is 0 Å². The molecule has 1 aliphatic rings. The van der Waals surface area contributed by atoms with Gasteiger partial charge >= 0.3 is 0 Å². The van der Waals surface area contributed by atoms with Crippen LogP contribution in [0.15, 0.2) is 54.6 Å². The van der Waals surface area contributed by atoms with Crippen LogP contribution in [0, 0.1) is 22.2 Å². The lowest BCUT2D eigenvalue weighted by Gasteiger charge is -2.08. The average Bonchev–Trinajstić information content (AvgIpc) is 2.93. The van der Waals surface area contributed by atoms with Crippen LogP contribution < -0.4 is 0 Å². The standard InChI is InChI=1S/C19H11NO2/c21-20(22)15-10-8-13(9-11-15)16-6-3-7-18-17-5-2-1-4-14(17)12-19(16)18/h2-5,7-11H,12H2. The molecule has 0 heterocycles. The molecule has 104 valence electrons. The lowest BCUT2D eigenvalue weighted by atomic mass is 9.96. The van der Waals surface area contributed by atoms with E-state index in [1.165, 1.54) is 22.3 Å². The summed E-state index contributed by atoms with van der Waals surface area (Å²) < 4.78 is 0. The Bertz CT molecular complexity index is 882. The van der Waals surface area contributed by atoms with Crippen LogP contribution in [0.4, 0.5) is 5.69 Å². The Morgan fingerprint density at radius 2 is 1.77 bits per heavy atom. The molecule has 22 heavy (non-hydrogen) atoms. The molecule has 0 spiro atoms. The molecule has 0 fully saturated rings. The van der Waals surface area contributed by atoms with Gasteiger partial charge in [0.15, 0.2) is 0 Å². The van der Waals surface area contributed by atoms with E-state index in [1.807, 2.05) is 18.2 Å². The minimum absolute atomic E-state index is 0.106. The van der Waals surface area contributed by atoms with Gasteiger partial charge in [-0.15, -0.1) is 0 Å². The van der Waals surface area contributed by atoms with Gasteiger partial charge < -0.3 is 0 Å². The van der Waals surface area contributed by atoms with E-state index in [4.69, 9.17) is 0 Å². The molecule has 0 atom stereocenters. The van der Waals surface area contributed by atoms with E-state index in [2.05, 4.69) is 24.3 Å². The number of non-ortho nitro benzene ring substituents is 1. The van der Waals surface area contributed by atoms with Gasteiger partial charge in [0.05, 0.1) is 4.92 Å². The Morgan fingerprint density at radius 3 is 2.55 bits per heavy atom. The summed E-state index contributed by atoms with van der Waals surface area (Å²) in [6.45, 7) is 0. The quantitative estimate of drug-likeness (QED) is 0.404. The first-order chi connectivity index (χ1) is 10.7. The van der Waals surface area contributed by atoms with E-state index in [0.717, 1.165) is 17.5 Å². The zero-order valence-electron chi connectivity index (χ0n) is 11.7. The molecule has 3 nitrogen and oxygen atoms in total. The minimum atomic E-state index is -0.380. The number of rotatable bonds is 2. The van der Waals surface area contributed by atoms with Crippen LogP contribution in [0.1, 0.15) is 11.1 Å². The first-order valence-corrected chi connectivity index (χ1v) is 7.02. The normalized spacial score (nSPS) is 11.8. The Morgan fingerprint density at radius 1 is 1.00 bits per heavy atom. The summed E-state index contributed by atoms with van der Waals surface area (Å²) in [5, 5.41) is 10.8. The third-order valence-corrected chi connectivity index (χ3v) is 4.08. The molecule has 0 saturated heterocycles. The summed E-state index contributed by atoms with van der Waals surface area (Å²) >= 11 is 0. The van der Waals surface area contributed by atoms with Crippen LogP contribution in [-0.4, -0.2) is 4.92 Å². The van der Waals surface area contributed by atoms with Crippen molar-refractivity contribution < 1.29 is 4.92 Å². The highest BCUT2D eigenvalue weighted by atomic mass is 16.6. The highest BCUT2D eigenvalue weighted by Crippen LogP contribution is 2.41. The van der Waals surface area contributed by atoms with Crippen molar-refractivity contribution in [1.29, 1.82) is 0 Å². The summed E-state index contributed by atoms with van der Waals surface area (Å²) in [6, 6.07) is 23.1. The Labute approximate surface area is 128 Å². The number of nitro benzene ring substituents is 1. The van der Waals surface area contributed by atoms with Crippen molar-refractivity contribution in [3.63, 3.8) is 0 Å². The lowest BCUT2D eigenvalue weighted by molar-refractivity contribution is -0.384. The van der Waals surface area contributed by atoms with Crippen molar-refractivity contribution in [3.8, 4) is 22.3 Å². The maximum Gasteiger partial charge on any atom is 0.269 e. The molecular formula is C19H11NO2. The second-order valence-electron chi connectivity index (χ2n) is 5.31. The largest absolute Gasteiger partial charge is 0.269 e. The Balaban J connectivity index is 1.84. The third-order valence-electron chi connectivity index (χ3n) is 4.08. The predicted molar refractivity (Wildman–Crippen MR) is 84.4 cm³/mol. The van der Waals surface area contributed by atoms with Crippen molar-refractivity contribution in [1.82, 2.24) is 0 Å². The fourth-order valence-electron chi connectivity index (χ4n) is 3.04. The second kappa shape index (κ2) is 4.81. The van der Waals surface area contributed by atoms with Crippen LogP contribution >= 0.6 is 0 Å². The highest BCUT2D eigenvalue weighted by molar-refractivity contribution is 5.84. The zero-order valence-corrected chi connectivity index (χ0v) is 11.7. The predicted octanol–water partition coefficient (Wildman–Crippen LogP) is 4.43. The monoisotopic (exact) mass is 285 g/mol. The van der Waals surface area contributed by atoms with Gasteiger partial charge in [-0.3, -0.25) is 10.1 Å². The number of benzene rings is 3. The smallest absolute Gasteiger partial charge is 0.258 e. The van der Waals surface area contributed by atoms with Crippen molar-refractivity contribution in [2.45, 2.75) is 6.42 Å². The minimum Gasteiger partial charge on any atom is -0.258 e. The van der Waals surface area contributed by atoms with Crippen molar-refractivity contribution in [2.75, 3.05) is 0 Å². The van der Waals surface area contributed by atoms with Gasteiger partial charge in [0, 0.05) is 12.1 Å². The maximum absolute atomic E-state index is 10.8. The summed E-state index contributed by atoms with van der Waals surface area (Å²) in [5.74, 6) is 0. The van der Waals surface area contributed by atoms with Crippen molar-refractivity contribution in [2.24, 2.45) is 0 Å². The molecule has 0 N–H and O–H groups in total. The third kappa shape index (κ3) is 1.91. The molecule has 3 aromatic rings. The first-order valence-electron chi connectivity index (χ1n) is 7.02. The summed E-state index contributed by atoms with van der Waals surface area (Å²) in [4.78, 5) is 10.4. The van der Waals surface area contributed by atoms with E-state index >= 15 is 0 Å². The molecular weight excluding hydrogens is 274 g/mol. The molecule has 0 unspecified atom stereocenters. The molecule has 0 aliphatic heterocycles. The lowest BCUT2D eigenvalue weighted by Crippen LogP contribution is -1.90. The van der Waals surface area contributed by atoms with Crippen LogP contribution in [0.3, 0.4) is 0 Å². The number of hydrogen-bond donors (Lipinski definition) is 0. The number of fused-ring (bicyclic) bond motifs is 3. The molecule has 3 aromatic carbocycles. The summed E-state index contributed by atoms with van der Waals surface area (Å²) in [6.07, 6.45) is 0.853. The van der Waals surface area contributed by atoms with Gasteiger partial charge in [-0.05, 0) is 64.1 Å². The number of hydrogen-bond acceptors (Lipinski definition) is 2. The van der Waals surface area contributed by atoms with Crippen molar-refractivity contribution in [3.05, 3.63) is 88.0 Å². The van der Waals surface area contributed by atoms with Crippen molar-refractivity contribution >= 4 is 5.69 Å². The van der Waals surface area contributed by atoms with E-state index < -0.39 is 0 Å². The molecule has 0 saturated carbocycles. The van der Waals surface area contributed by atoms with Crippen LogP contribution in [0.5, 0.6) is 0 Å². The van der Waals surface area contributed by atoms with E-state index in [-0.39, 0.29) is 10.6 Å². The van der Waals surface area contributed by atoms with Gasteiger partial charge in [-0.1, -0.05) is 30.3 Å². The molecule has 1 aliphatic carbocycles. The molecule has 0 bridgehead atoms. The number of nitro groups is 1. The number of nitrogens with zero attached hydrogens (tertiary/aromatic N) is 1. The maximum atomic E-state index is 10.8. The van der Waals surface area contributed by atoms with Gasteiger partial charge in [0.1, 0.15) is 0 Å². The SMILES string of the molecule is O=[N+]([O-])c1ccc(-c2[c]ccc3c2Cc2c[c]ccc2-3)cc1. The first kappa shape index (κ1) is 12.8. The van der Waals surface area contributed by atoms with E-state index in [9.17, 15) is 10.1 Å². The summed E-state index contributed by atoms with van der Waals surface area (Å²) in [5.41, 5.74) is 7.03. The van der Waals surface area contributed by atoms with E-state index in [1.54, 1.807) is 24.3 Å². The molecule has 0 aromatic heterocycles. The fourth-order valence-corrected chi connectivity index (χ4v) is 3.04. The molecule has 4 rings (SSSR count). The molecule has 3 heteroatoms. The van der Waals surface area contributed by atoms with Crippen LogP contribution in [0.25, 0.3) is 22.3 Å². The van der Waals surface area contributed by atoms with Gasteiger partial charge in [-0.2, -0.15) is 0 Å². The topological polar surface area (TPSA) is 43.1 Å². The fraction of sp³-hybridized carbons (Fsp3) is 0.0526. The Hall–Kier alpha value is -2.94. The average molecular weight is 285 g/mol. The Kier molecular flexibility index (Phi) is 2.79. The zero-order chi connectivity index (χ0) is 15.1. The van der Waals surface area contributed by atoms with Gasteiger partial charge in [-0.25, -0.2) is 0 Å². The van der Waals surface area contributed by atoms with E-state index in [0.29, 0.717) is 0 Å². The van der Waals surface area contributed by atoms with Gasteiger partial charge in [0.25, 0.3) is 5.69 Å². The highest BCUT2D eigenvalue weighted by Gasteiger charge is 2.21. The van der Waals surface area contributed by atoms with Gasteiger partial charge in [0.2, 0.25) is 0 Å². The van der Waals surface area contributed by atoms with Crippen LogP contribution in [-0.2, 0) is 6.42 Å². The second-order valence-corrected chi connectivity index (χ2v) is 5.31. The molecule has 2 radical (unpaired) electrons. The molecule has 0 amide bonds.